The molecule has 1 heterocycles. The van der Waals surface area contributed by atoms with Crippen LogP contribution in [0.5, 0.6) is 5.75 Å². The van der Waals surface area contributed by atoms with E-state index < -0.39 is 17.4 Å². The Bertz CT molecular complexity index is 512. The van der Waals surface area contributed by atoms with Gasteiger partial charge in [0.15, 0.2) is 6.61 Å². The quantitative estimate of drug-likeness (QED) is 0.860. The molecule has 0 bridgehead atoms. The Morgan fingerprint density at radius 2 is 2.20 bits per heavy atom. The van der Waals surface area contributed by atoms with Crippen LogP contribution in [0.25, 0.3) is 0 Å². The monoisotopic (exact) mass is 295 g/mol. The Morgan fingerprint density at radius 1 is 1.45 bits per heavy atom. The highest BCUT2D eigenvalue weighted by molar-refractivity contribution is 7.99. The summed E-state index contributed by atoms with van der Waals surface area (Å²) in [6.45, 7) is 1.71. The molecule has 2 rings (SSSR count). The average Bonchev–Trinajstić information content (AvgIpc) is 2.88. The molecule has 5 nitrogen and oxygen atoms in total. The van der Waals surface area contributed by atoms with Crippen molar-refractivity contribution in [2.75, 3.05) is 18.1 Å². The van der Waals surface area contributed by atoms with Gasteiger partial charge in [0, 0.05) is 5.75 Å². The van der Waals surface area contributed by atoms with Gasteiger partial charge in [0.2, 0.25) is 0 Å². The Morgan fingerprint density at radius 3 is 2.80 bits per heavy atom. The zero-order valence-corrected chi connectivity index (χ0v) is 12.0. The highest BCUT2D eigenvalue weighted by Crippen LogP contribution is 2.28. The number of ether oxygens (including phenoxy) is 1. The molecule has 1 aliphatic rings. The van der Waals surface area contributed by atoms with Gasteiger partial charge in [-0.2, -0.15) is 11.8 Å². The number of amides is 1. The van der Waals surface area contributed by atoms with Gasteiger partial charge in [0.05, 0.1) is 0 Å². The van der Waals surface area contributed by atoms with E-state index in [-0.39, 0.29) is 6.61 Å². The minimum atomic E-state index is -1.14. The summed E-state index contributed by atoms with van der Waals surface area (Å²) in [5, 5.41) is 11.9. The molecule has 1 aromatic carbocycles. The first kappa shape index (κ1) is 14.7. The first-order valence-electron chi connectivity index (χ1n) is 6.34. The number of carbonyl (C=O) groups is 2. The number of benzene rings is 1. The summed E-state index contributed by atoms with van der Waals surface area (Å²) in [4.78, 5) is 23.2. The van der Waals surface area contributed by atoms with E-state index in [1.807, 2.05) is 25.1 Å². The maximum Gasteiger partial charge on any atom is 0.330 e. The van der Waals surface area contributed by atoms with Crippen LogP contribution in [0.3, 0.4) is 0 Å². The van der Waals surface area contributed by atoms with Gasteiger partial charge in [-0.05, 0) is 30.7 Å². The Kier molecular flexibility index (Phi) is 4.54. The molecule has 1 fully saturated rings. The van der Waals surface area contributed by atoms with Gasteiger partial charge in [-0.25, -0.2) is 4.79 Å². The van der Waals surface area contributed by atoms with Crippen LogP contribution in [0.1, 0.15) is 12.0 Å². The average molecular weight is 295 g/mol. The lowest BCUT2D eigenvalue weighted by molar-refractivity contribution is -0.146. The van der Waals surface area contributed by atoms with E-state index in [1.54, 1.807) is 6.07 Å². The SMILES string of the molecule is Cc1ccccc1OCC(=O)N[C@@]1(C(=O)O)CCSC1. The predicted octanol–water partition coefficient (Wildman–Crippen LogP) is 1.45. The van der Waals surface area contributed by atoms with Crippen LogP contribution in [-0.4, -0.2) is 40.6 Å². The van der Waals surface area contributed by atoms with Crippen LogP contribution in [0, 0.1) is 6.92 Å². The standard InChI is InChI=1S/C14H17NO4S/c1-10-4-2-3-5-11(10)19-8-12(16)15-14(13(17)18)6-7-20-9-14/h2-5H,6-9H2,1H3,(H,15,16)(H,17,18)/t14-/m0/s1. The molecule has 0 unspecified atom stereocenters. The minimum Gasteiger partial charge on any atom is -0.484 e. The van der Waals surface area contributed by atoms with Crippen molar-refractivity contribution < 1.29 is 19.4 Å². The molecule has 1 aliphatic heterocycles. The highest BCUT2D eigenvalue weighted by atomic mass is 32.2. The van der Waals surface area contributed by atoms with Crippen molar-refractivity contribution in [3.63, 3.8) is 0 Å². The number of para-hydroxylation sites is 1. The summed E-state index contributed by atoms with van der Waals surface area (Å²) < 4.78 is 5.42. The van der Waals surface area contributed by atoms with E-state index in [1.165, 1.54) is 11.8 Å². The second kappa shape index (κ2) is 6.17. The van der Waals surface area contributed by atoms with E-state index in [4.69, 9.17) is 4.74 Å². The lowest BCUT2D eigenvalue weighted by Crippen LogP contribution is -2.55. The number of hydrogen-bond donors (Lipinski definition) is 2. The van der Waals surface area contributed by atoms with Crippen molar-refractivity contribution in [2.45, 2.75) is 18.9 Å². The Balaban J connectivity index is 1.92. The maximum absolute atomic E-state index is 11.9. The van der Waals surface area contributed by atoms with Gasteiger partial charge in [-0.3, -0.25) is 4.79 Å². The number of aliphatic carboxylic acids is 1. The fraction of sp³-hybridized carbons (Fsp3) is 0.429. The number of carboxylic acid groups (broad SMARTS) is 1. The normalized spacial score (nSPS) is 21.4. The first-order valence-corrected chi connectivity index (χ1v) is 7.49. The predicted molar refractivity (Wildman–Crippen MR) is 77.1 cm³/mol. The molecular formula is C14H17NO4S. The zero-order chi connectivity index (χ0) is 14.6. The van der Waals surface area contributed by atoms with Crippen molar-refractivity contribution >= 4 is 23.6 Å². The molecule has 1 atom stereocenters. The zero-order valence-electron chi connectivity index (χ0n) is 11.2. The third-order valence-electron chi connectivity index (χ3n) is 3.26. The minimum absolute atomic E-state index is 0.176. The van der Waals surface area contributed by atoms with E-state index in [0.29, 0.717) is 17.9 Å². The summed E-state index contributed by atoms with van der Waals surface area (Å²) in [6.07, 6.45) is 0.448. The van der Waals surface area contributed by atoms with Gasteiger partial charge < -0.3 is 15.2 Å². The van der Waals surface area contributed by atoms with Gasteiger partial charge in [0.25, 0.3) is 5.91 Å². The van der Waals surface area contributed by atoms with Crippen LogP contribution >= 0.6 is 11.8 Å². The number of aryl methyl sites for hydroxylation is 1. The molecule has 1 aromatic rings. The van der Waals surface area contributed by atoms with Crippen LogP contribution < -0.4 is 10.1 Å². The van der Waals surface area contributed by atoms with Crippen LogP contribution in [0.4, 0.5) is 0 Å². The van der Waals surface area contributed by atoms with E-state index >= 15 is 0 Å². The topological polar surface area (TPSA) is 75.6 Å². The van der Waals surface area contributed by atoms with Gasteiger partial charge in [-0.1, -0.05) is 18.2 Å². The van der Waals surface area contributed by atoms with Crippen molar-refractivity contribution in [1.82, 2.24) is 5.32 Å². The molecule has 108 valence electrons. The van der Waals surface area contributed by atoms with Crippen LogP contribution in [-0.2, 0) is 9.59 Å². The van der Waals surface area contributed by atoms with E-state index in [9.17, 15) is 14.7 Å². The van der Waals surface area contributed by atoms with Gasteiger partial charge in [0.1, 0.15) is 11.3 Å². The second-order valence-electron chi connectivity index (χ2n) is 4.79. The van der Waals surface area contributed by atoms with Crippen molar-refractivity contribution in [3.8, 4) is 5.75 Å². The van der Waals surface area contributed by atoms with Gasteiger partial charge in [-0.15, -0.1) is 0 Å². The molecule has 1 saturated heterocycles. The number of carboxylic acids is 1. The largest absolute Gasteiger partial charge is 0.484 e. The molecule has 20 heavy (non-hydrogen) atoms. The molecule has 0 spiro atoms. The smallest absolute Gasteiger partial charge is 0.330 e. The molecular weight excluding hydrogens is 278 g/mol. The molecule has 2 N–H and O–H groups in total. The number of hydrogen-bond acceptors (Lipinski definition) is 4. The summed E-state index contributed by atoms with van der Waals surface area (Å²) in [5.74, 6) is 0.390. The lowest BCUT2D eigenvalue weighted by Gasteiger charge is -2.24. The Labute approximate surface area is 121 Å². The highest BCUT2D eigenvalue weighted by Gasteiger charge is 2.43. The molecule has 0 saturated carbocycles. The van der Waals surface area contributed by atoms with Gasteiger partial charge >= 0.3 is 5.97 Å². The fourth-order valence-electron chi connectivity index (χ4n) is 2.05. The van der Waals surface area contributed by atoms with E-state index in [0.717, 1.165) is 11.3 Å². The fourth-order valence-corrected chi connectivity index (χ4v) is 3.38. The van der Waals surface area contributed by atoms with Crippen molar-refractivity contribution in [2.24, 2.45) is 0 Å². The number of rotatable bonds is 5. The third kappa shape index (κ3) is 3.25. The maximum atomic E-state index is 11.9. The van der Waals surface area contributed by atoms with Crippen LogP contribution in [0.15, 0.2) is 24.3 Å². The number of thioether (sulfide) groups is 1. The first-order chi connectivity index (χ1) is 9.53. The van der Waals surface area contributed by atoms with E-state index in [2.05, 4.69) is 5.32 Å². The summed E-state index contributed by atoms with van der Waals surface area (Å²) in [7, 11) is 0. The third-order valence-corrected chi connectivity index (χ3v) is 4.45. The second-order valence-corrected chi connectivity index (χ2v) is 5.90. The summed E-state index contributed by atoms with van der Waals surface area (Å²) in [5.41, 5.74) is -0.207. The number of carbonyl (C=O) groups excluding carboxylic acids is 1. The molecule has 0 radical (unpaired) electrons. The van der Waals surface area contributed by atoms with Crippen molar-refractivity contribution in [1.29, 1.82) is 0 Å². The Hall–Kier alpha value is -1.69. The molecule has 0 aromatic heterocycles. The van der Waals surface area contributed by atoms with Crippen molar-refractivity contribution in [3.05, 3.63) is 29.8 Å². The van der Waals surface area contributed by atoms with Crippen LogP contribution in [0.2, 0.25) is 0 Å². The summed E-state index contributed by atoms with van der Waals surface area (Å²) >= 11 is 1.53. The molecule has 1 amide bonds. The number of nitrogens with one attached hydrogen (secondary N) is 1. The lowest BCUT2D eigenvalue weighted by atomic mass is 9.99. The molecule has 6 heteroatoms. The molecule has 0 aliphatic carbocycles. The summed E-state index contributed by atoms with van der Waals surface area (Å²) in [6, 6.07) is 7.38.